The molecule has 1 heterocycles. The third-order valence-corrected chi connectivity index (χ3v) is 3.71. The van der Waals surface area contributed by atoms with E-state index in [1.54, 1.807) is 0 Å². The van der Waals surface area contributed by atoms with Gasteiger partial charge in [-0.05, 0) is 31.0 Å². The third-order valence-electron chi connectivity index (χ3n) is 3.71. The van der Waals surface area contributed by atoms with Gasteiger partial charge in [0.05, 0.1) is 18.8 Å². The van der Waals surface area contributed by atoms with Crippen molar-refractivity contribution in [3.63, 3.8) is 0 Å². The van der Waals surface area contributed by atoms with E-state index in [2.05, 4.69) is 6.92 Å². The Morgan fingerprint density at radius 1 is 1.52 bits per heavy atom. The first-order valence-corrected chi connectivity index (χ1v) is 7.56. The van der Waals surface area contributed by atoms with Gasteiger partial charge in [0.25, 0.3) is 0 Å². The minimum Gasteiger partial charge on any atom is -0.490 e. The van der Waals surface area contributed by atoms with Crippen LogP contribution >= 0.6 is 0 Å². The van der Waals surface area contributed by atoms with Crippen molar-refractivity contribution in [1.29, 1.82) is 0 Å². The largest absolute Gasteiger partial charge is 0.490 e. The maximum absolute atomic E-state index is 12.1. The maximum Gasteiger partial charge on any atom is 0.328 e. The number of nitrogens with two attached hydrogens (primary N) is 1. The Morgan fingerprint density at radius 2 is 2.33 bits per heavy atom. The number of ether oxygens (including phenoxy) is 2. The molecule has 116 valence electrons. The highest BCUT2D eigenvalue weighted by molar-refractivity contribution is 5.81. The summed E-state index contributed by atoms with van der Waals surface area (Å²) in [6, 6.07) is 5.56. The molecule has 0 fully saturated rings. The Morgan fingerprint density at radius 3 is 3.05 bits per heavy atom. The zero-order valence-corrected chi connectivity index (χ0v) is 12.8. The van der Waals surface area contributed by atoms with Gasteiger partial charge in [-0.1, -0.05) is 19.4 Å². The lowest BCUT2D eigenvalue weighted by molar-refractivity contribution is -0.145. The van der Waals surface area contributed by atoms with Crippen molar-refractivity contribution in [2.45, 2.75) is 39.3 Å². The lowest BCUT2D eigenvalue weighted by Gasteiger charge is -2.35. The van der Waals surface area contributed by atoms with E-state index in [-0.39, 0.29) is 12.0 Å². The zero-order chi connectivity index (χ0) is 15.2. The smallest absolute Gasteiger partial charge is 0.328 e. The highest BCUT2D eigenvalue weighted by Gasteiger charge is 2.28. The number of fused-ring (bicyclic) bond motifs is 1. The van der Waals surface area contributed by atoms with Gasteiger partial charge in [-0.2, -0.15) is 0 Å². The van der Waals surface area contributed by atoms with Gasteiger partial charge in [0, 0.05) is 6.54 Å². The van der Waals surface area contributed by atoms with Gasteiger partial charge in [0.2, 0.25) is 0 Å². The van der Waals surface area contributed by atoms with E-state index in [0.717, 1.165) is 29.8 Å². The molecule has 21 heavy (non-hydrogen) atoms. The molecule has 0 radical (unpaired) electrons. The standard InChI is InChI=1S/C16H24N2O3/c1-3-4-8-21-16(19)12(2)18-7-9-20-15-10-13(11-17)5-6-14(15)18/h5-6,10,12H,3-4,7-9,11,17H2,1-2H3. The van der Waals surface area contributed by atoms with Gasteiger partial charge in [-0.25, -0.2) is 4.79 Å². The molecule has 1 aromatic rings. The molecule has 0 saturated heterocycles. The molecule has 5 nitrogen and oxygen atoms in total. The Labute approximate surface area is 126 Å². The first-order valence-electron chi connectivity index (χ1n) is 7.56. The van der Waals surface area contributed by atoms with Crippen LogP contribution in [0, 0.1) is 0 Å². The number of hydrogen-bond acceptors (Lipinski definition) is 5. The van der Waals surface area contributed by atoms with Crippen LogP contribution < -0.4 is 15.4 Å². The Kier molecular flexibility index (Phi) is 5.44. The number of carbonyl (C=O) groups excluding carboxylic acids is 1. The van der Waals surface area contributed by atoms with Crippen molar-refractivity contribution in [2.24, 2.45) is 5.73 Å². The molecule has 0 amide bonds. The van der Waals surface area contributed by atoms with E-state index < -0.39 is 0 Å². The summed E-state index contributed by atoms with van der Waals surface area (Å²) in [7, 11) is 0. The Hall–Kier alpha value is -1.75. The van der Waals surface area contributed by atoms with E-state index in [0.29, 0.717) is 26.3 Å². The average Bonchev–Trinajstić information content (AvgIpc) is 2.53. The fraction of sp³-hybridized carbons (Fsp3) is 0.562. The number of unbranched alkanes of at least 4 members (excludes halogenated alkanes) is 1. The fourth-order valence-corrected chi connectivity index (χ4v) is 2.38. The van der Waals surface area contributed by atoms with E-state index >= 15 is 0 Å². The van der Waals surface area contributed by atoms with Gasteiger partial charge in [0.15, 0.2) is 0 Å². The molecule has 0 bridgehead atoms. The predicted molar refractivity (Wildman–Crippen MR) is 82.5 cm³/mol. The van der Waals surface area contributed by atoms with Crippen molar-refractivity contribution < 1.29 is 14.3 Å². The predicted octanol–water partition coefficient (Wildman–Crippen LogP) is 2.08. The van der Waals surface area contributed by atoms with Gasteiger partial charge >= 0.3 is 5.97 Å². The first-order chi connectivity index (χ1) is 10.2. The van der Waals surface area contributed by atoms with Gasteiger partial charge < -0.3 is 20.1 Å². The average molecular weight is 292 g/mol. The molecule has 1 aliphatic rings. The van der Waals surface area contributed by atoms with Crippen LogP contribution in [-0.4, -0.2) is 31.8 Å². The van der Waals surface area contributed by atoms with Crippen LogP contribution in [0.15, 0.2) is 18.2 Å². The number of anilines is 1. The second-order valence-corrected chi connectivity index (χ2v) is 5.25. The quantitative estimate of drug-likeness (QED) is 0.642. The van der Waals surface area contributed by atoms with Crippen LogP contribution in [-0.2, 0) is 16.1 Å². The number of carbonyl (C=O) groups is 1. The summed E-state index contributed by atoms with van der Waals surface area (Å²) in [5, 5.41) is 0. The third kappa shape index (κ3) is 3.67. The van der Waals surface area contributed by atoms with Crippen molar-refractivity contribution in [3.05, 3.63) is 23.8 Å². The molecule has 0 aromatic heterocycles. The monoisotopic (exact) mass is 292 g/mol. The van der Waals surface area contributed by atoms with Gasteiger partial charge in [-0.15, -0.1) is 0 Å². The summed E-state index contributed by atoms with van der Waals surface area (Å²) in [5.41, 5.74) is 7.60. The summed E-state index contributed by atoms with van der Waals surface area (Å²) in [6.45, 7) is 6.16. The topological polar surface area (TPSA) is 64.8 Å². The highest BCUT2D eigenvalue weighted by atomic mass is 16.5. The molecule has 1 aromatic carbocycles. The SMILES string of the molecule is CCCCOC(=O)C(C)N1CCOc2cc(CN)ccc21. The van der Waals surface area contributed by atoms with Crippen LogP contribution in [0.3, 0.4) is 0 Å². The molecule has 1 unspecified atom stereocenters. The van der Waals surface area contributed by atoms with Crippen LogP contribution in [0.5, 0.6) is 5.75 Å². The summed E-state index contributed by atoms with van der Waals surface area (Å²) in [5.74, 6) is 0.608. The first kappa shape index (κ1) is 15.6. The normalized spacial score (nSPS) is 15.1. The van der Waals surface area contributed by atoms with E-state index in [9.17, 15) is 4.79 Å². The van der Waals surface area contributed by atoms with E-state index in [1.807, 2.05) is 30.0 Å². The minimum absolute atomic E-state index is 0.181. The maximum atomic E-state index is 12.1. The van der Waals surface area contributed by atoms with Crippen molar-refractivity contribution in [1.82, 2.24) is 0 Å². The molecule has 0 spiro atoms. The molecule has 1 atom stereocenters. The molecule has 2 N–H and O–H groups in total. The summed E-state index contributed by atoms with van der Waals surface area (Å²) < 4.78 is 11.0. The van der Waals surface area contributed by atoms with E-state index in [4.69, 9.17) is 15.2 Å². The number of nitrogens with zero attached hydrogens (tertiary/aromatic N) is 1. The van der Waals surface area contributed by atoms with Gasteiger partial charge in [0.1, 0.15) is 18.4 Å². The highest BCUT2D eigenvalue weighted by Crippen LogP contribution is 2.33. The molecule has 0 aliphatic carbocycles. The lowest BCUT2D eigenvalue weighted by atomic mass is 10.1. The van der Waals surface area contributed by atoms with Crippen molar-refractivity contribution in [3.8, 4) is 5.75 Å². The van der Waals surface area contributed by atoms with Crippen LogP contribution in [0.25, 0.3) is 0 Å². The number of benzene rings is 1. The molecule has 5 heteroatoms. The summed E-state index contributed by atoms with van der Waals surface area (Å²) in [4.78, 5) is 14.2. The second-order valence-electron chi connectivity index (χ2n) is 5.25. The van der Waals surface area contributed by atoms with Crippen LogP contribution in [0.1, 0.15) is 32.3 Å². The molecule has 0 saturated carbocycles. The van der Waals surface area contributed by atoms with Crippen molar-refractivity contribution in [2.75, 3.05) is 24.7 Å². The Bertz CT molecular complexity index is 490. The van der Waals surface area contributed by atoms with Gasteiger partial charge in [-0.3, -0.25) is 0 Å². The second kappa shape index (κ2) is 7.31. The number of rotatable bonds is 6. The summed E-state index contributed by atoms with van der Waals surface area (Å²) >= 11 is 0. The van der Waals surface area contributed by atoms with Crippen LogP contribution in [0.2, 0.25) is 0 Å². The van der Waals surface area contributed by atoms with Crippen molar-refractivity contribution >= 4 is 11.7 Å². The molecule has 2 rings (SSSR count). The van der Waals surface area contributed by atoms with E-state index in [1.165, 1.54) is 0 Å². The molecule has 1 aliphatic heterocycles. The molecular weight excluding hydrogens is 268 g/mol. The number of hydrogen-bond donors (Lipinski definition) is 1. The molecular formula is C16H24N2O3. The fourth-order valence-electron chi connectivity index (χ4n) is 2.38. The zero-order valence-electron chi connectivity index (χ0n) is 12.8. The lowest BCUT2D eigenvalue weighted by Crippen LogP contribution is -2.44. The minimum atomic E-state index is -0.312. The Balaban J connectivity index is 2.09. The summed E-state index contributed by atoms with van der Waals surface area (Å²) in [6.07, 6.45) is 1.92. The van der Waals surface area contributed by atoms with Crippen LogP contribution in [0.4, 0.5) is 5.69 Å². The number of esters is 1.